The van der Waals surface area contributed by atoms with Crippen molar-refractivity contribution in [2.24, 2.45) is 0 Å². The van der Waals surface area contributed by atoms with Gasteiger partial charge < -0.3 is 9.64 Å². The zero-order chi connectivity index (χ0) is 20.4. The van der Waals surface area contributed by atoms with Gasteiger partial charge in [0.05, 0.1) is 13.1 Å². The van der Waals surface area contributed by atoms with Crippen LogP contribution in [0.5, 0.6) is 0 Å². The maximum Gasteiger partial charge on any atom is 0.220 e. The largest absolute Gasteiger partial charge is 0.378 e. The highest BCUT2D eigenvalue weighted by molar-refractivity contribution is 5.46. The molecular formula is C20H31ClN2O5. The van der Waals surface area contributed by atoms with Gasteiger partial charge in [-0.3, -0.25) is 4.48 Å². The van der Waals surface area contributed by atoms with E-state index in [4.69, 9.17) is 23.4 Å². The normalized spacial score (nSPS) is 25.6. The Balaban J connectivity index is 0.000000403. The van der Waals surface area contributed by atoms with Gasteiger partial charge in [-0.25, -0.2) is 18.6 Å². The van der Waals surface area contributed by atoms with Crippen LogP contribution in [0.1, 0.15) is 56.7 Å². The van der Waals surface area contributed by atoms with Crippen molar-refractivity contribution in [3.63, 3.8) is 0 Å². The zero-order valence-corrected chi connectivity index (χ0v) is 17.5. The second-order valence-electron chi connectivity index (χ2n) is 8.61. The van der Waals surface area contributed by atoms with Gasteiger partial charge in [0.1, 0.15) is 12.1 Å². The Morgan fingerprint density at radius 3 is 1.96 bits per heavy atom. The van der Waals surface area contributed by atoms with Crippen molar-refractivity contribution in [2.45, 2.75) is 56.8 Å². The fraction of sp³-hybridized carbons (Fsp3) is 0.700. The highest BCUT2D eigenvalue weighted by Gasteiger charge is 2.57. The van der Waals surface area contributed by atoms with Crippen LogP contribution < -0.4 is 23.5 Å². The van der Waals surface area contributed by atoms with Gasteiger partial charge in [0.15, 0.2) is 0 Å². The number of benzene rings is 1. The molecule has 8 heteroatoms. The van der Waals surface area contributed by atoms with Crippen molar-refractivity contribution >= 4 is 5.69 Å². The van der Waals surface area contributed by atoms with Crippen LogP contribution in [0, 0.1) is 10.2 Å². The molecular weight excluding hydrogens is 384 g/mol. The molecule has 2 aliphatic heterocycles. The summed E-state index contributed by atoms with van der Waals surface area (Å²) in [6, 6.07) is 9.11. The quantitative estimate of drug-likeness (QED) is 0.595. The lowest BCUT2D eigenvalue weighted by Gasteiger charge is -2.35. The van der Waals surface area contributed by atoms with E-state index in [0.29, 0.717) is 0 Å². The van der Waals surface area contributed by atoms with Crippen LogP contribution in [-0.4, -0.2) is 43.8 Å². The molecule has 1 saturated carbocycles. The zero-order valence-electron chi connectivity index (χ0n) is 16.8. The van der Waals surface area contributed by atoms with Crippen LogP contribution in [-0.2, 0) is 4.74 Å². The molecule has 1 aromatic carbocycles. The summed E-state index contributed by atoms with van der Waals surface area (Å²) in [7, 11) is -0.737. The summed E-state index contributed by atoms with van der Waals surface area (Å²) in [5.74, 6) is 0. The molecule has 2 saturated heterocycles. The van der Waals surface area contributed by atoms with Crippen LogP contribution in [0.2, 0.25) is 0 Å². The molecule has 2 spiro atoms. The highest BCUT2D eigenvalue weighted by atomic mass is 35.7. The Labute approximate surface area is 169 Å². The second kappa shape index (κ2) is 8.44. The van der Waals surface area contributed by atoms with E-state index >= 15 is 0 Å². The summed E-state index contributed by atoms with van der Waals surface area (Å²) in [4.78, 5) is 2.17. The molecule has 158 valence electrons. The average molecular weight is 415 g/mol. The number of quaternary nitrogens is 1. The molecule has 1 unspecified atom stereocenters. The lowest BCUT2D eigenvalue weighted by atomic mass is 9.84. The van der Waals surface area contributed by atoms with Gasteiger partial charge in [-0.1, -0.05) is 19.3 Å². The summed E-state index contributed by atoms with van der Waals surface area (Å²) < 4.78 is 42.0. The molecule has 0 radical (unpaired) electrons. The third-order valence-corrected chi connectivity index (χ3v) is 6.38. The van der Waals surface area contributed by atoms with E-state index in [1.165, 1.54) is 80.3 Å². The lowest BCUT2D eigenvalue weighted by molar-refractivity contribution is -2.00. The van der Waals surface area contributed by atoms with Gasteiger partial charge in [0.2, 0.25) is 6.23 Å². The molecule has 4 rings (SSSR count). The predicted molar refractivity (Wildman–Crippen MR) is 94.5 cm³/mol. The fourth-order valence-corrected chi connectivity index (χ4v) is 5.19. The number of hydrogen-bond acceptors (Lipinski definition) is 6. The number of ether oxygens (including phenoxy) is 1. The van der Waals surface area contributed by atoms with Crippen molar-refractivity contribution in [1.82, 2.24) is 0 Å². The average Bonchev–Trinajstić information content (AvgIpc) is 3.20. The van der Waals surface area contributed by atoms with E-state index in [9.17, 15) is 0 Å². The summed E-state index contributed by atoms with van der Waals surface area (Å²) >= 11 is 0. The number of anilines is 1. The molecule has 1 aliphatic carbocycles. The number of halogens is 1. The molecule has 0 aromatic heterocycles. The minimum Gasteiger partial charge on any atom is -0.378 e. The summed E-state index contributed by atoms with van der Waals surface area (Å²) in [5, 5.41) is 0. The second-order valence-corrected chi connectivity index (χ2v) is 9.36. The minimum atomic E-state index is -4.94. The highest BCUT2D eigenvalue weighted by Crippen LogP contribution is 2.50. The van der Waals surface area contributed by atoms with Crippen molar-refractivity contribution in [3.8, 4) is 0 Å². The molecule has 1 atom stereocenters. The molecule has 0 N–H and O–H groups in total. The van der Waals surface area contributed by atoms with E-state index in [2.05, 4.69) is 43.3 Å². The summed E-state index contributed by atoms with van der Waals surface area (Å²) in [5.41, 5.74) is 2.83. The van der Waals surface area contributed by atoms with Gasteiger partial charge in [0, 0.05) is 38.2 Å². The van der Waals surface area contributed by atoms with Gasteiger partial charge in [-0.2, -0.15) is 0 Å². The Morgan fingerprint density at radius 2 is 1.46 bits per heavy atom. The Morgan fingerprint density at radius 1 is 0.929 bits per heavy atom. The summed E-state index contributed by atoms with van der Waals surface area (Å²) in [6.45, 7) is 3.87. The molecule has 7 nitrogen and oxygen atoms in total. The first kappa shape index (κ1) is 21.8. The SMILES string of the molecule is CN(C)c1ccc(C2OC3(CCCCC3)C[N+]23CCCC3)cc1.[O-][Cl+3]([O-])([O-])[O-]. The minimum absolute atomic E-state index is 0.174. The van der Waals surface area contributed by atoms with Crippen molar-refractivity contribution in [2.75, 3.05) is 38.6 Å². The topological polar surface area (TPSA) is 105 Å². The maximum atomic E-state index is 8.49. The van der Waals surface area contributed by atoms with Crippen LogP contribution in [0.25, 0.3) is 0 Å². The number of hydrogen-bond donors (Lipinski definition) is 0. The molecule has 3 aliphatic rings. The number of rotatable bonds is 2. The first-order valence-electron chi connectivity index (χ1n) is 10.1. The first-order chi connectivity index (χ1) is 13.1. The third kappa shape index (κ3) is 5.16. The van der Waals surface area contributed by atoms with E-state index in [1.807, 2.05) is 0 Å². The van der Waals surface area contributed by atoms with Gasteiger partial charge >= 0.3 is 0 Å². The van der Waals surface area contributed by atoms with Crippen molar-refractivity contribution in [3.05, 3.63) is 29.8 Å². The molecule has 2 heterocycles. The molecule has 3 fully saturated rings. The molecule has 0 bridgehead atoms. The smallest absolute Gasteiger partial charge is 0.220 e. The third-order valence-electron chi connectivity index (χ3n) is 6.38. The van der Waals surface area contributed by atoms with Crippen molar-refractivity contribution in [1.29, 1.82) is 0 Å². The van der Waals surface area contributed by atoms with E-state index in [0.717, 1.165) is 0 Å². The molecule has 1 aromatic rings. The Hall–Kier alpha value is -0.930. The lowest BCUT2D eigenvalue weighted by Crippen LogP contribution is -2.68. The fourth-order valence-electron chi connectivity index (χ4n) is 5.19. The maximum absolute atomic E-state index is 8.49. The van der Waals surface area contributed by atoms with Crippen LogP contribution in [0.3, 0.4) is 0 Å². The Kier molecular flexibility index (Phi) is 6.56. The number of nitrogens with zero attached hydrogens (tertiary/aromatic N) is 2. The van der Waals surface area contributed by atoms with E-state index in [-0.39, 0.29) is 11.8 Å². The molecule has 28 heavy (non-hydrogen) atoms. The Bertz CT molecular complexity index is 629. The van der Waals surface area contributed by atoms with Crippen LogP contribution in [0.15, 0.2) is 24.3 Å². The van der Waals surface area contributed by atoms with E-state index in [1.54, 1.807) is 0 Å². The molecule has 0 amide bonds. The van der Waals surface area contributed by atoms with E-state index < -0.39 is 10.2 Å². The van der Waals surface area contributed by atoms with Crippen LogP contribution in [0.4, 0.5) is 5.69 Å². The summed E-state index contributed by atoms with van der Waals surface area (Å²) in [6.07, 6.45) is 9.66. The monoisotopic (exact) mass is 414 g/mol. The van der Waals surface area contributed by atoms with Crippen LogP contribution >= 0.6 is 0 Å². The van der Waals surface area contributed by atoms with Gasteiger partial charge in [-0.05, 0) is 37.1 Å². The predicted octanol–water partition coefficient (Wildman–Crippen LogP) is -0.661. The first-order valence-corrected chi connectivity index (χ1v) is 11.3. The standard InChI is InChI=1S/C20H31N2O.ClHO4/c1-21(2)18-10-8-17(9-11-18)19-22(14-6-7-15-22)16-20(23-19)12-4-3-5-13-20;2-1(3,4)5/h8-11,19H,3-7,12-16H2,1-2H3;(H,2,3,4,5)/q+1;/p-1. The van der Waals surface area contributed by atoms with Gasteiger partial charge in [0.25, 0.3) is 0 Å². The van der Waals surface area contributed by atoms with Crippen molar-refractivity contribution < 1.29 is 38.1 Å². The van der Waals surface area contributed by atoms with Gasteiger partial charge in [-0.15, -0.1) is 10.2 Å².